The number of nitrogens with zero attached hydrogens (tertiary/aromatic N) is 4. The van der Waals surface area contributed by atoms with Gasteiger partial charge in [-0.25, -0.2) is 19.2 Å². The van der Waals surface area contributed by atoms with Crippen molar-refractivity contribution in [1.82, 2.24) is 56.8 Å². The van der Waals surface area contributed by atoms with Crippen LogP contribution in [-0.2, 0) is 70.4 Å². The second kappa shape index (κ2) is 46.0. The van der Waals surface area contributed by atoms with Crippen LogP contribution in [0.2, 0.25) is 0 Å². The zero-order chi connectivity index (χ0) is 71.8. The van der Waals surface area contributed by atoms with Gasteiger partial charge in [0, 0.05) is 91.1 Å². The highest BCUT2D eigenvalue weighted by Gasteiger charge is 2.32. The van der Waals surface area contributed by atoms with Crippen LogP contribution >= 0.6 is 22.6 Å². The van der Waals surface area contributed by atoms with E-state index < -0.39 is 115 Å². The van der Waals surface area contributed by atoms with E-state index in [1.54, 1.807) is 62.1 Å². The number of nitrogens with one attached hydrogen (secondary N) is 7. The number of carbonyl (C=O) groups excluding carboxylic acids is 8. The Balaban J connectivity index is 1.55. The third kappa shape index (κ3) is 36.0. The first-order valence-corrected chi connectivity index (χ1v) is 33.5. The Kier molecular flexibility index (Phi) is 39.3. The van der Waals surface area contributed by atoms with Gasteiger partial charge in [0.2, 0.25) is 41.4 Å². The molecule has 1 aliphatic heterocycles. The maximum atomic E-state index is 14.5. The Bertz CT molecular complexity index is 2880. The molecule has 540 valence electrons. The predicted molar refractivity (Wildman–Crippen MR) is 360 cm³/mol. The molecule has 0 bridgehead atoms. The molecule has 1 saturated heterocycles. The number of benzene rings is 2. The van der Waals surface area contributed by atoms with Crippen molar-refractivity contribution >= 4 is 99.8 Å². The average Bonchev–Trinajstić information content (AvgIpc) is 0.901. The van der Waals surface area contributed by atoms with Gasteiger partial charge in [-0.05, 0) is 129 Å². The van der Waals surface area contributed by atoms with E-state index in [0.29, 0.717) is 92.2 Å². The van der Waals surface area contributed by atoms with Crippen LogP contribution in [0.3, 0.4) is 0 Å². The largest absolute Gasteiger partial charge is 0.507 e. The second-order valence-electron chi connectivity index (χ2n) is 23.8. The number of aliphatic carboxylic acids is 5. The molecule has 1 heterocycles. The Labute approximate surface area is 576 Å². The van der Waals surface area contributed by atoms with Gasteiger partial charge in [-0.1, -0.05) is 49.2 Å². The number of carbonyl (C=O) groups is 13. The van der Waals surface area contributed by atoms with Crippen molar-refractivity contribution in [3.8, 4) is 5.75 Å². The Morgan fingerprint density at radius 2 is 0.887 bits per heavy atom. The fraction of sp³-hybridized carbons (Fsp3) is 0.603. The SMILES string of the molecule is NC(=O)CN1CCN(CC(N)=O)CCN([C@H](CCCN[C@H](Cc2ccc(O)c(I)c2)C(=O)N[C@H](Cc2ccccc2)C(=O)N[C@H](CCCCNC(=O)CCCCCCC(=O)NCCCCC(NC(=O)N[C@@H](CCC(=O)O)C(=O)O)C(=O)O)C(=O)O)C(=O)O)CCN(CC(N)=O)CC1. The van der Waals surface area contributed by atoms with Gasteiger partial charge < -0.3 is 85.1 Å². The second-order valence-corrected chi connectivity index (χ2v) is 25.0. The van der Waals surface area contributed by atoms with Gasteiger partial charge in [0.25, 0.3) is 0 Å². The van der Waals surface area contributed by atoms with Crippen LogP contribution in [0, 0.1) is 3.57 Å². The molecule has 2 aromatic rings. The number of primary amides is 3. The van der Waals surface area contributed by atoms with Crippen LogP contribution in [0.25, 0.3) is 0 Å². The minimum atomic E-state index is -1.53. The van der Waals surface area contributed by atoms with Crippen molar-refractivity contribution in [3.05, 3.63) is 63.2 Å². The molecule has 34 heteroatoms. The highest BCUT2D eigenvalue weighted by Crippen LogP contribution is 2.22. The Morgan fingerprint density at radius 1 is 0.443 bits per heavy atom. The summed E-state index contributed by atoms with van der Waals surface area (Å²) in [5.74, 6) is -10.2. The van der Waals surface area contributed by atoms with Crippen molar-refractivity contribution in [2.75, 3.05) is 91.6 Å². The van der Waals surface area contributed by atoms with Crippen molar-refractivity contribution in [3.63, 3.8) is 0 Å². The minimum Gasteiger partial charge on any atom is -0.507 e. The summed E-state index contributed by atoms with van der Waals surface area (Å²) < 4.78 is 0.507. The molecule has 97 heavy (non-hydrogen) atoms. The summed E-state index contributed by atoms with van der Waals surface area (Å²) in [6.45, 7) is 2.22. The lowest BCUT2D eigenvalue weighted by Crippen LogP contribution is -2.56. The normalized spacial score (nSPS) is 15.4. The van der Waals surface area contributed by atoms with Crippen LogP contribution in [0.5, 0.6) is 5.75 Å². The number of halogens is 1. The highest BCUT2D eigenvalue weighted by molar-refractivity contribution is 14.1. The maximum absolute atomic E-state index is 14.5. The number of rotatable bonds is 46. The maximum Gasteiger partial charge on any atom is 0.326 e. The number of hydrogen-bond acceptors (Lipinski definition) is 19. The molecule has 0 aliphatic carbocycles. The molecular weight excluding hydrogens is 1380 g/mol. The van der Waals surface area contributed by atoms with E-state index in [-0.39, 0.29) is 134 Å². The molecule has 0 aromatic heterocycles. The molecule has 9 amide bonds. The molecule has 1 aliphatic rings. The van der Waals surface area contributed by atoms with E-state index >= 15 is 0 Å². The molecule has 3 rings (SSSR count). The van der Waals surface area contributed by atoms with Crippen LogP contribution < -0.4 is 54.4 Å². The number of carboxylic acid groups (broad SMARTS) is 5. The highest BCUT2D eigenvalue weighted by atomic mass is 127. The fourth-order valence-electron chi connectivity index (χ4n) is 10.7. The van der Waals surface area contributed by atoms with Crippen molar-refractivity contribution < 1.29 is 93.0 Å². The standard InChI is InChI=1S/C63H97IN14O19/c64-43-35-42(20-22-50(43)79)37-47(68-26-12-17-49(62(95)96)78-33-31-76(39-52(66)81)29-27-75(38-51(65)80)28-30-77(32-34-78)40-53(67)82)57(87)72-48(36-41-13-4-3-5-14-41)58(88)71-44(59(89)90)15-8-10-24-69-54(83)18-6-1-2-7-19-55(84)70-25-11-9-16-45(60(91)92)73-63(97)74-46(61(93)94)21-23-56(85)86/h3-5,13-14,20,22,35,44-49,68,79H,1-2,6-12,15-19,21,23-34,36-40H2,(H2,65,80)(H2,66,81)(H2,67,82)(H,69,83)(H,70,84)(H,71,88)(H,72,87)(H,85,86)(H,89,90)(H,91,92)(H,93,94)(H,95,96)(H2,73,74,97)/t44-,45?,46+,47-,48-,49-/m1/s1. The van der Waals surface area contributed by atoms with E-state index in [1.165, 1.54) is 6.07 Å². The molecule has 0 spiro atoms. The van der Waals surface area contributed by atoms with Gasteiger partial charge in [0.05, 0.1) is 29.2 Å². The monoisotopic (exact) mass is 1480 g/mol. The molecule has 0 saturated carbocycles. The van der Waals surface area contributed by atoms with Crippen molar-refractivity contribution in [2.24, 2.45) is 17.2 Å². The van der Waals surface area contributed by atoms with Gasteiger partial charge in [-0.2, -0.15) is 0 Å². The van der Waals surface area contributed by atoms with E-state index in [1.807, 2.05) is 22.6 Å². The van der Waals surface area contributed by atoms with E-state index in [0.717, 1.165) is 0 Å². The summed E-state index contributed by atoms with van der Waals surface area (Å²) in [6, 6.07) is 4.84. The molecule has 6 atom stereocenters. The number of phenols is 1. The number of hydrogen-bond donors (Lipinski definition) is 16. The predicted octanol–water partition coefficient (Wildman–Crippen LogP) is -1.31. The van der Waals surface area contributed by atoms with Gasteiger partial charge >= 0.3 is 35.9 Å². The third-order valence-electron chi connectivity index (χ3n) is 16.0. The fourth-order valence-corrected chi connectivity index (χ4v) is 11.3. The molecule has 1 unspecified atom stereocenters. The summed E-state index contributed by atoms with van der Waals surface area (Å²) in [4.78, 5) is 169. The van der Waals surface area contributed by atoms with Gasteiger partial charge in [-0.15, -0.1) is 0 Å². The average molecular weight is 1480 g/mol. The first kappa shape index (κ1) is 82.9. The quantitative estimate of drug-likeness (QED) is 0.0270. The van der Waals surface area contributed by atoms with Gasteiger partial charge in [-0.3, -0.25) is 62.8 Å². The Morgan fingerprint density at radius 3 is 1.34 bits per heavy atom. The zero-order valence-corrected chi connectivity index (χ0v) is 56.8. The number of aromatic hydroxyl groups is 1. The number of nitrogens with two attached hydrogens (primary N) is 3. The summed E-state index contributed by atoms with van der Waals surface area (Å²) in [5, 5.41) is 77.3. The van der Waals surface area contributed by atoms with Crippen LogP contribution in [0.1, 0.15) is 114 Å². The Hall–Kier alpha value is -8.32. The summed E-state index contributed by atoms with van der Waals surface area (Å²) in [7, 11) is 0. The smallest absolute Gasteiger partial charge is 0.326 e. The van der Waals surface area contributed by atoms with E-state index in [2.05, 4.69) is 37.2 Å². The molecule has 0 radical (unpaired) electrons. The van der Waals surface area contributed by atoms with Gasteiger partial charge in [0.1, 0.15) is 36.0 Å². The molecular formula is C63H97IN14O19. The van der Waals surface area contributed by atoms with Crippen molar-refractivity contribution in [2.45, 2.75) is 152 Å². The van der Waals surface area contributed by atoms with Crippen molar-refractivity contribution in [1.29, 1.82) is 0 Å². The zero-order valence-electron chi connectivity index (χ0n) is 54.6. The van der Waals surface area contributed by atoms with E-state index in [4.69, 9.17) is 22.3 Å². The first-order chi connectivity index (χ1) is 46.1. The lowest BCUT2D eigenvalue weighted by molar-refractivity contribution is -0.144. The number of unbranched alkanes of at least 4 members (excludes halogenated alkanes) is 5. The summed E-state index contributed by atoms with van der Waals surface area (Å²) in [6.07, 6.45) is 3.57. The minimum absolute atomic E-state index is 0.00998. The van der Waals surface area contributed by atoms with Crippen LogP contribution in [0.15, 0.2) is 48.5 Å². The number of urea groups is 1. The molecule has 33 nitrogen and oxygen atoms in total. The summed E-state index contributed by atoms with van der Waals surface area (Å²) in [5.41, 5.74) is 18.0. The topological polar surface area (TPSA) is 519 Å². The number of amides is 9. The molecule has 2 aromatic carbocycles. The lowest BCUT2D eigenvalue weighted by Gasteiger charge is -2.35. The first-order valence-electron chi connectivity index (χ1n) is 32.4. The van der Waals surface area contributed by atoms with Gasteiger partial charge in [0.15, 0.2) is 0 Å². The van der Waals surface area contributed by atoms with E-state index in [9.17, 15) is 87.9 Å². The van der Waals surface area contributed by atoms with Crippen LogP contribution in [-0.4, -0.2) is 255 Å². The lowest BCUT2D eigenvalue weighted by atomic mass is 10.0. The number of phenolic OH excluding ortho intramolecular Hbond substituents is 1. The number of carboxylic acids is 5. The molecule has 1 fully saturated rings. The molecule has 19 N–H and O–H groups in total. The third-order valence-corrected chi connectivity index (χ3v) is 16.8. The summed E-state index contributed by atoms with van der Waals surface area (Å²) >= 11 is 1.95. The van der Waals surface area contributed by atoms with Crippen LogP contribution in [0.4, 0.5) is 4.79 Å².